The molecule has 0 saturated heterocycles. The van der Waals surface area contributed by atoms with Crippen molar-refractivity contribution in [2.45, 2.75) is 0 Å². The summed E-state index contributed by atoms with van der Waals surface area (Å²) in [6, 6.07) is 2.81. The molecule has 2 aromatic rings. The van der Waals surface area contributed by atoms with E-state index < -0.39 is 11.9 Å². The van der Waals surface area contributed by atoms with Crippen molar-refractivity contribution in [3.8, 4) is 0 Å². The third-order valence-electron chi connectivity index (χ3n) is 2.50. The molecule has 0 radical (unpaired) electrons. The molecule has 0 aliphatic carbocycles. The number of aromatic carboxylic acids is 1. The Balaban J connectivity index is 2.29. The van der Waals surface area contributed by atoms with Gasteiger partial charge in [0, 0.05) is 19.4 Å². The highest BCUT2D eigenvalue weighted by molar-refractivity contribution is 6.31. The van der Waals surface area contributed by atoms with Crippen LogP contribution in [-0.2, 0) is 7.05 Å². The summed E-state index contributed by atoms with van der Waals surface area (Å²) in [6.07, 6.45) is 4.21. The highest BCUT2D eigenvalue weighted by Gasteiger charge is 2.15. The summed E-state index contributed by atoms with van der Waals surface area (Å²) in [5, 5.41) is 11.9. The number of pyridine rings is 1. The van der Waals surface area contributed by atoms with Gasteiger partial charge in [-0.15, -0.1) is 0 Å². The molecule has 6 nitrogen and oxygen atoms in total. The van der Waals surface area contributed by atoms with Gasteiger partial charge < -0.3 is 15.0 Å². The van der Waals surface area contributed by atoms with Crippen molar-refractivity contribution in [2.75, 3.05) is 5.32 Å². The second-order valence-corrected chi connectivity index (χ2v) is 4.27. The maximum atomic E-state index is 12.0. The van der Waals surface area contributed by atoms with Gasteiger partial charge in [-0.25, -0.2) is 4.79 Å². The second-order valence-electron chi connectivity index (χ2n) is 3.84. The molecule has 1 amide bonds. The number of rotatable bonds is 3. The van der Waals surface area contributed by atoms with Crippen molar-refractivity contribution >= 4 is 29.2 Å². The highest BCUT2D eigenvalue weighted by atomic mass is 35.5. The summed E-state index contributed by atoms with van der Waals surface area (Å²) in [4.78, 5) is 26.8. The molecule has 0 saturated carbocycles. The molecule has 0 aliphatic heterocycles. The summed E-state index contributed by atoms with van der Waals surface area (Å²) < 4.78 is 1.55. The van der Waals surface area contributed by atoms with Crippen molar-refractivity contribution in [3.05, 3.63) is 47.0 Å². The lowest BCUT2D eigenvalue weighted by molar-refractivity contribution is 0.0698. The Kier molecular flexibility index (Phi) is 3.52. The van der Waals surface area contributed by atoms with Gasteiger partial charge in [0.15, 0.2) is 0 Å². The monoisotopic (exact) mass is 279 g/mol. The van der Waals surface area contributed by atoms with Crippen LogP contribution in [0.4, 0.5) is 5.69 Å². The number of halogens is 1. The molecule has 0 bridgehead atoms. The van der Waals surface area contributed by atoms with Crippen LogP contribution in [0.25, 0.3) is 0 Å². The van der Waals surface area contributed by atoms with Crippen molar-refractivity contribution < 1.29 is 14.7 Å². The van der Waals surface area contributed by atoms with Crippen LogP contribution in [0.1, 0.15) is 20.8 Å². The number of hydrogen-bond donors (Lipinski definition) is 2. The first kappa shape index (κ1) is 13.1. The van der Waals surface area contributed by atoms with E-state index in [0.29, 0.717) is 10.7 Å². The van der Waals surface area contributed by atoms with Gasteiger partial charge in [0.2, 0.25) is 0 Å². The molecule has 0 atom stereocenters. The topological polar surface area (TPSA) is 84.2 Å². The van der Waals surface area contributed by atoms with Gasteiger partial charge in [0.05, 0.1) is 22.5 Å². The van der Waals surface area contributed by atoms with Gasteiger partial charge in [-0.05, 0) is 12.1 Å². The average molecular weight is 280 g/mol. The van der Waals surface area contributed by atoms with Crippen molar-refractivity contribution in [1.29, 1.82) is 0 Å². The fraction of sp³-hybridized carbons (Fsp3) is 0.0833. The van der Waals surface area contributed by atoms with Gasteiger partial charge in [-0.3, -0.25) is 9.78 Å². The summed E-state index contributed by atoms with van der Waals surface area (Å²) in [7, 11) is 1.67. The predicted molar refractivity (Wildman–Crippen MR) is 69.6 cm³/mol. The summed E-state index contributed by atoms with van der Waals surface area (Å²) in [6.45, 7) is 0. The van der Waals surface area contributed by atoms with E-state index in [-0.39, 0.29) is 11.3 Å². The molecular formula is C12H10ClN3O3. The maximum absolute atomic E-state index is 12.0. The molecule has 0 fully saturated rings. The Morgan fingerprint density at radius 2 is 2.21 bits per heavy atom. The summed E-state index contributed by atoms with van der Waals surface area (Å²) in [5.74, 6) is -1.59. The maximum Gasteiger partial charge on any atom is 0.337 e. The van der Waals surface area contributed by atoms with Crippen molar-refractivity contribution in [2.24, 2.45) is 7.05 Å². The fourth-order valence-electron chi connectivity index (χ4n) is 1.62. The molecule has 19 heavy (non-hydrogen) atoms. The SMILES string of the molecule is Cn1cc(Cl)cc1C(=O)Nc1cnccc1C(=O)O. The van der Waals surface area contributed by atoms with E-state index in [0.717, 1.165) is 0 Å². The van der Waals surface area contributed by atoms with Gasteiger partial charge in [-0.1, -0.05) is 11.6 Å². The normalized spacial score (nSPS) is 10.2. The van der Waals surface area contributed by atoms with E-state index in [9.17, 15) is 9.59 Å². The number of nitrogens with one attached hydrogen (secondary N) is 1. The first-order valence-electron chi connectivity index (χ1n) is 5.29. The predicted octanol–water partition coefficient (Wildman–Crippen LogP) is 2.02. The summed E-state index contributed by atoms with van der Waals surface area (Å²) in [5.41, 5.74) is 0.436. The van der Waals surface area contributed by atoms with Crippen LogP contribution < -0.4 is 5.32 Å². The Bertz CT molecular complexity index is 651. The van der Waals surface area contributed by atoms with E-state index in [1.54, 1.807) is 17.8 Å². The van der Waals surface area contributed by atoms with Crippen LogP contribution >= 0.6 is 11.6 Å². The number of carbonyl (C=O) groups is 2. The molecule has 2 rings (SSSR count). The van der Waals surface area contributed by atoms with Crippen LogP contribution in [0.5, 0.6) is 0 Å². The Labute approximate surface area is 113 Å². The van der Waals surface area contributed by atoms with Crippen molar-refractivity contribution in [1.82, 2.24) is 9.55 Å². The summed E-state index contributed by atoms with van der Waals surface area (Å²) >= 11 is 5.79. The smallest absolute Gasteiger partial charge is 0.337 e. The van der Waals surface area contributed by atoms with Crippen LogP contribution in [0.15, 0.2) is 30.7 Å². The minimum Gasteiger partial charge on any atom is -0.478 e. The quantitative estimate of drug-likeness (QED) is 0.900. The van der Waals surface area contributed by atoms with Crippen LogP contribution in [0, 0.1) is 0 Å². The van der Waals surface area contributed by atoms with Gasteiger partial charge in [-0.2, -0.15) is 0 Å². The third kappa shape index (κ3) is 2.74. The van der Waals surface area contributed by atoms with E-state index >= 15 is 0 Å². The lowest BCUT2D eigenvalue weighted by Crippen LogP contribution is -2.17. The number of amides is 1. The minimum absolute atomic E-state index is 0.0244. The standard InChI is InChI=1S/C12H10ClN3O3/c1-16-6-7(13)4-10(16)11(17)15-9-5-14-3-2-8(9)12(18)19/h2-6H,1H3,(H,15,17)(H,18,19). The largest absolute Gasteiger partial charge is 0.478 e. The number of nitrogens with zero attached hydrogens (tertiary/aromatic N) is 2. The van der Waals surface area contributed by atoms with E-state index in [4.69, 9.17) is 16.7 Å². The number of hydrogen-bond acceptors (Lipinski definition) is 3. The molecule has 0 aromatic carbocycles. The molecule has 0 unspecified atom stereocenters. The Morgan fingerprint density at radius 3 is 2.79 bits per heavy atom. The zero-order chi connectivity index (χ0) is 14.0. The lowest BCUT2D eigenvalue weighted by Gasteiger charge is -2.08. The zero-order valence-electron chi connectivity index (χ0n) is 9.92. The van der Waals surface area contributed by atoms with Crippen LogP contribution in [0.3, 0.4) is 0 Å². The molecule has 7 heteroatoms. The number of carboxylic acids is 1. The van der Waals surface area contributed by atoms with Crippen LogP contribution in [0.2, 0.25) is 5.02 Å². The number of aryl methyl sites for hydroxylation is 1. The molecule has 2 N–H and O–H groups in total. The van der Waals surface area contributed by atoms with E-state index in [2.05, 4.69) is 10.3 Å². The van der Waals surface area contributed by atoms with Gasteiger partial charge in [0.25, 0.3) is 5.91 Å². The van der Waals surface area contributed by atoms with Crippen molar-refractivity contribution in [3.63, 3.8) is 0 Å². The molecule has 0 aliphatic rings. The zero-order valence-corrected chi connectivity index (χ0v) is 10.7. The fourth-order valence-corrected chi connectivity index (χ4v) is 1.87. The molecule has 98 valence electrons. The Hall–Kier alpha value is -2.34. The number of anilines is 1. The third-order valence-corrected chi connectivity index (χ3v) is 2.71. The average Bonchev–Trinajstić information content (AvgIpc) is 2.69. The van der Waals surface area contributed by atoms with Gasteiger partial charge >= 0.3 is 5.97 Å². The van der Waals surface area contributed by atoms with Gasteiger partial charge in [0.1, 0.15) is 5.69 Å². The first-order valence-corrected chi connectivity index (χ1v) is 5.67. The molecular weight excluding hydrogens is 270 g/mol. The minimum atomic E-state index is -1.14. The van der Waals surface area contributed by atoms with Crippen LogP contribution in [-0.4, -0.2) is 26.5 Å². The van der Waals surface area contributed by atoms with E-state index in [1.165, 1.54) is 24.5 Å². The highest BCUT2D eigenvalue weighted by Crippen LogP contribution is 2.17. The lowest BCUT2D eigenvalue weighted by atomic mass is 10.2. The number of carbonyl (C=O) groups excluding carboxylic acids is 1. The number of carboxylic acid groups (broad SMARTS) is 1. The number of aromatic nitrogens is 2. The molecule has 0 spiro atoms. The molecule has 2 aromatic heterocycles. The Morgan fingerprint density at radius 1 is 1.47 bits per heavy atom. The molecule has 2 heterocycles. The first-order chi connectivity index (χ1) is 8.99. The second kappa shape index (κ2) is 5.11. The van der Waals surface area contributed by atoms with E-state index in [1.807, 2.05) is 0 Å².